The summed E-state index contributed by atoms with van der Waals surface area (Å²) < 4.78 is 5.58. The van der Waals surface area contributed by atoms with Gasteiger partial charge >= 0.3 is 0 Å². The van der Waals surface area contributed by atoms with Gasteiger partial charge in [-0.3, -0.25) is 9.89 Å². The van der Waals surface area contributed by atoms with Gasteiger partial charge in [0, 0.05) is 24.8 Å². The molecule has 0 fully saturated rings. The first kappa shape index (κ1) is 14.1. The number of aromatic nitrogens is 2. The summed E-state index contributed by atoms with van der Waals surface area (Å²) >= 11 is 0. The van der Waals surface area contributed by atoms with Crippen LogP contribution in [-0.2, 0) is 6.54 Å². The fourth-order valence-corrected chi connectivity index (χ4v) is 2.03. The molecular weight excluding hydrogens is 254 g/mol. The first-order chi connectivity index (χ1) is 9.63. The molecule has 1 N–H and O–H groups in total. The number of hydrogen-bond acceptors (Lipinski definition) is 3. The average Bonchev–Trinajstić information content (AvgIpc) is 2.86. The monoisotopic (exact) mass is 273 g/mol. The second-order valence-corrected chi connectivity index (χ2v) is 4.61. The van der Waals surface area contributed by atoms with E-state index >= 15 is 0 Å². The lowest BCUT2D eigenvalue weighted by Crippen LogP contribution is -2.26. The highest BCUT2D eigenvalue weighted by Crippen LogP contribution is 2.20. The predicted octanol–water partition coefficient (Wildman–Crippen LogP) is 2.39. The number of nitrogens with one attached hydrogen (secondary N) is 1. The normalized spacial score (nSPS) is 10.3. The minimum atomic E-state index is -0.0532. The van der Waals surface area contributed by atoms with Crippen LogP contribution in [0.4, 0.5) is 0 Å². The summed E-state index contributed by atoms with van der Waals surface area (Å²) in [4.78, 5) is 14.0. The van der Waals surface area contributed by atoms with Crippen molar-refractivity contribution in [3.8, 4) is 5.75 Å². The number of para-hydroxylation sites is 1. The third-order valence-electron chi connectivity index (χ3n) is 3.09. The molecule has 5 heteroatoms. The van der Waals surface area contributed by atoms with Gasteiger partial charge in [0.2, 0.25) is 0 Å². The van der Waals surface area contributed by atoms with E-state index in [1.165, 1.54) is 0 Å². The van der Waals surface area contributed by atoms with Crippen LogP contribution in [0.15, 0.2) is 30.5 Å². The summed E-state index contributed by atoms with van der Waals surface area (Å²) in [7, 11) is 1.78. The molecule has 1 aromatic carbocycles. The first-order valence-corrected chi connectivity index (χ1v) is 6.59. The van der Waals surface area contributed by atoms with E-state index in [9.17, 15) is 4.79 Å². The second-order valence-electron chi connectivity index (χ2n) is 4.61. The third kappa shape index (κ3) is 2.99. The Labute approximate surface area is 118 Å². The quantitative estimate of drug-likeness (QED) is 0.910. The molecule has 0 radical (unpaired) electrons. The fourth-order valence-electron chi connectivity index (χ4n) is 2.03. The first-order valence-electron chi connectivity index (χ1n) is 6.59. The summed E-state index contributed by atoms with van der Waals surface area (Å²) in [5.41, 5.74) is 2.37. The molecular formula is C15H19N3O2. The molecule has 1 heterocycles. The smallest absolute Gasteiger partial charge is 0.257 e. The maximum atomic E-state index is 12.3. The second kappa shape index (κ2) is 6.23. The average molecular weight is 273 g/mol. The number of hydrogen-bond donors (Lipinski definition) is 1. The molecule has 0 bridgehead atoms. The van der Waals surface area contributed by atoms with Crippen molar-refractivity contribution >= 4 is 5.91 Å². The van der Waals surface area contributed by atoms with Gasteiger partial charge in [-0.25, -0.2) is 0 Å². The van der Waals surface area contributed by atoms with Crippen LogP contribution in [0.5, 0.6) is 5.75 Å². The summed E-state index contributed by atoms with van der Waals surface area (Å²) in [6.07, 6.45) is 1.56. The summed E-state index contributed by atoms with van der Waals surface area (Å²) in [6.45, 7) is 4.89. The number of nitrogens with zero attached hydrogens (tertiary/aromatic N) is 2. The maximum Gasteiger partial charge on any atom is 0.257 e. The molecule has 0 aliphatic carbocycles. The Hall–Kier alpha value is -2.30. The number of ether oxygens (including phenoxy) is 1. The molecule has 0 spiro atoms. The minimum Gasteiger partial charge on any atom is -0.494 e. The van der Waals surface area contributed by atoms with E-state index in [2.05, 4.69) is 10.2 Å². The number of carbonyl (C=O) groups excluding carboxylic acids is 1. The van der Waals surface area contributed by atoms with Crippen molar-refractivity contribution in [2.45, 2.75) is 20.4 Å². The van der Waals surface area contributed by atoms with Gasteiger partial charge in [-0.15, -0.1) is 0 Å². The Morgan fingerprint density at radius 2 is 2.15 bits per heavy atom. The van der Waals surface area contributed by atoms with Crippen molar-refractivity contribution in [2.24, 2.45) is 0 Å². The molecule has 1 amide bonds. The van der Waals surface area contributed by atoms with Crippen LogP contribution in [0.2, 0.25) is 0 Å². The zero-order valence-corrected chi connectivity index (χ0v) is 12.0. The Morgan fingerprint density at radius 1 is 1.40 bits per heavy atom. The number of aryl methyl sites for hydroxylation is 1. The fraction of sp³-hybridized carbons (Fsp3) is 0.333. The van der Waals surface area contributed by atoms with Gasteiger partial charge < -0.3 is 9.64 Å². The highest BCUT2D eigenvalue weighted by Gasteiger charge is 2.17. The molecule has 2 rings (SSSR count). The van der Waals surface area contributed by atoms with E-state index in [0.29, 0.717) is 18.7 Å². The highest BCUT2D eigenvalue weighted by molar-refractivity contribution is 5.94. The van der Waals surface area contributed by atoms with Gasteiger partial charge in [0.05, 0.1) is 18.4 Å². The Balaban J connectivity index is 2.14. The molecule has 106 valence electrons. The molecule has 1 aromatic heterocycles. The van der Waals surface area contributed by atoms with Gasteiger partial charge in [-0.05, 0) is 19.9 Å². The van der Waals surface area contributed by atoms with E-state index in [1.807, 2.05) is 38.1 Å². The predicted molar refractivity (Wildman–Crippen MR) is 76.7 cm³/mol. The summed E-state index contributed by atoms with van der Waals surface area (Å²) in [5, 5.41) is 6.66. The minimum absolute atomic E-state index is 0.0532. The number of rotatable bonds is 5. The zero-order valence-electron chi connectivity index (χ0n) is 12.0. The number of amides is 1. The van der Waals surface area contributed by atoms with Crippen molar-refractivity contribution in [1.82, 2.24) is 15.1 Å². The number of aromatic amines is 1. The van der Waals surface area contributed by atoms with Crippen LogP contribution in [0, 0.1) is 6.92 Å². The lowest BCUT2D eigenvalue weighted by atomic mass is 10.1. The molecule has 0 atom stereocenters. The molecule has 0 saturated heterocycles. The standard InChI is InChI=1S/C15H19N3O2/c1-4-20-14-8-6-5-7-12(14)10-18(3)15(19)13-9-16-17-11(13)2/h5-9H,4,10H2,1-3H3,(H,16,17). The topological polar surface area (TPSA) is 58.2 Å². The molecule has 0 aliphatic heterocycles. The van der Waals surface area contributed by atoms with Crippen LogP contribution in [0.1, 0.15) is 28.5 Å². The van der Waals surface area contributed by atoms with Crippen LogP contribution < -0.4 is 4.74 Å². The van der Waals surface area contributed by atoms with E-state index < -0.39 is 0 Å². The molecule has 20 heavy (non-hydrogen) atoms. The van der Waals surface area contributed by atoms with Crippen LogP contribution in [0.3, 0.4) is 0 Å². The number of carbonyl (C=O) groups is 1. The highest BCUT2D eigenvalue weighted by atomic mass is 16.5. The Kier molecular flexibility index (Phi) is 4.40. The van der Waals surface area contributed by atoms with Crippen molar-refractivity contribution in [2.75, 3.05) is 13.7 Å². The van der Waals surface area contributed by atoms with Crippen LogP contribution in [-0.4, -0.2) is 34.7 Å². The van der Waals surface area contributed by atoms with E-state index in [-0.39, 0.29) is 5.91 Å². The third-order valence-corrected chi connectivity index (χ3v) is 3.09. The lowest BCUT2D eigenvalue weighted by molar-refractivity contribution is 0.0783. The van der Waals surface area contributed by atoms with E-state index in [4.69, 9.17) is 4.74 Å². The van der Waals surface area contributed by atoms with Crippen molar-refractivity contribution in [3.63, 3.8) is 0 Å². The van der Waals surface area contributed by atoms with Crippen molar-refractivity contribution in [3.05, 3.63) is 47.3 Å². The van der Waals surface area contributed by atoms with Crippen molar-refractivity contribution < 1.29 is 9.53 Å². The van der Waals surface area contributed by atoms with Gasteiger partial charge in [-0.2, -0.15) is 5.10 Å². The summed E-state index contributed by atoms with van der Waals surface area (Å²) in [5.74, 6) is 0.765. The maximum absolute atomic E-state index is 12.3. The lowest BCUT2D eigenvalue weighted by Gasteiger charge is -2.19. The van der Waals surface area contributed by atoms with Gasteiger partial charge in [0.1, 0.15) is 5.75 Å². The van der Waals surface area contributed by atoms with E-state index in [1.54, 1.807) is 18.1 Å². The molecule has 0 saturated carbocycles. The van der Waals surface area contributed by atoms with Gasteiger partial charge in [-0.1, -0.05) is 18.2 Å². The number of H-pyrrole nitrogens is 1. The SMILES string of the molecule is CCOc1ccccc1CN(C)C(=O)c1cn[nH]c1C. The Bertz CT molecular complexity index is 592. The molecule has 0 unspecified atom stereocenters. The van der Waals surface area contributed by atoms with E-state index in [0.717, 1.165) is 17.0 Å². The van der Waals surface area contributed by atoms with Gasteiger partial charge in [0.25, 0.3) is 5.91 Å². The Morgan fingerprint density at radius 3 is 2.80 bits per heavy atom. The van der Waals surface area contributed by atoms with Crippen LogP contribution >= 0.6 is 0 Å². The number of benzene rings is 1. The molecule has 5 nitrogen and oxygen atoms in total. The van der Waals surface area contributed by atoms with Crippen LogP contribution in [0.25, 0.3) is 0 Å². The van der Waals surface area contributed by atoms with Gasteiger partial charge in [0.15, 0.2) is 0 Å². The zero-order chi connectivity index (χ0) is 14.5. The summed E-state index contributed by atoms with van der Waals surface area (Å²) in [6, 6.07) is 7.76. The van der Waals surface area contributed by atoms with Crippen molar-refractivity contribution in [1.29, 1.82) is 0 Å². The molecule has 2 aromatic rings. The largest absolute Gasteiger partial charge is 0.494 e. The molecule has 0 aliphatic rings.